The number of amides is 1. The molecule has 1 fully saturated rings. The zero-order valence-electron chi connectivity index (χ0n) is 8.61. The van der Waals surface area contributed by atoms with E-state index in [-0.39, 0.29) is 5.91 Å². The second-order valence-corrected chi connectivity index (χ2v) is 4.61. The molecule has 2 N–H and O–H groups in total. The third kappa shape index (κ3) is 2.35. The molecule has 82 valence electrons. The van der Waals surface area contributed by atoms with Crippen LogP contribution in [0.3, 0.4) is 0 Å². The highest BCUT2D eigenvalue weighted by atomic mass is 32.1. The molecule has 0 aromatic carbocycles. The minimum atomic E-state index is 0.0759. The summed E-state index contributed by atoms with van der Waals surface area (Å²) in [5.74, 6) is 0.0759. The third-order valence-electron chi connectivity index (χ3n) is 2.52. The summed E-state index contributed by atoms with van der Waals surface area (Å²) >= 11 is 1.52. The summed E-state index contributed by atoms with van der Waals surface area (Å²) in [5.41, 5.74) is 6.03. The number of rotatable bonds is 3. The van der Waals surface area contributed by atoms with Gasteiger partial charge in [0.15, 0.2) is 0 Å². The van der Waals surface area contributed by atoms with E-state index in [0.717, 1.165) is 37.4 Å². The van der Waals surface area contributed by atoms with Crippen LogP contribution in [0, 0.1) is 0 Å². The Balaban J connectivity index is 2.04. The molecule has 1 saturated heterocycles. The van der Waals surface area contributed by atoms with Crippen LogP contribution in [0.4, 0.5) is 0 Å². The van der Waals surface area contributed by atoms with E-state index in [0.29, 0.717) is 12.2 Å². The highest BCUT2D eigenvalue weighted by molar-refractivity contribution is 7.09. The normalized spacial score (nSPS) is 15.9. The SMILES string of the molecule is NCCc1nc(C(=O)N2CCCC2)cs1. The highest BCUT2D eigenvalue weighted by Gasteiger charge is 2.21. The lowest BCUT2D eigenvalue weighted by molar-refractivity contribution is 0.0787. The molecule has 1 aromatic heterocycles. The Labute approximate surface area is 93.1 Å². The summed E-state index contributed by atoms with van der Waals surface area (Å²) in [7, 11) is 0. The Bertz CT molecular complexity index is 344. The van der Waals surface area contributed by atoms with E-state index in [2.05, 4.69) is 4.98 Å². The van der Waals surface area contributed by atoms with Crippen molar-refractivity contribution in [2.45, 2.75) is 19.3 Å². The van der Waals surface area contributed by atoms with Gasteiger partial charge in [-0.3, -0.25) is 4.79 Å². The molecule has 2 heterocycles. The maximum Gasteiger partial charge on any atom is 0.273 e. The first-order chi connectivity index (χ1) is 7.31. The molecule has 1 amide bonds. The van der Waals surface area contributed by atoms with E-state index < -0.39 is 0 Å². The molecule has 0 spiro atoms. The molecule has 0 saturated carbocycles. The van der Waals surface area contributed by atoms with Crippen molar-refractivity contribution in [3.63, 3.8) is 0 Å². The molecular weight excluding hydrogens is 210 g/mol. The number of carbonyl (C=O) groups is 1. The third-order valence-corrected chi connectivity index (χ3v) is 3.43. The minimum Gasteiger partial charge on any atom is -0.337 e. The van der Waals surface area contributed by atoms with Crippen LogP contribution >= 0.6 is 11.3 Å². The fraction of sp³-hybridized carbons (Fsp3) is 0.600. The second kappa shape index (κ2) is 4.72. The molecular formula is C10H15N3OS. The van der Waals surface area contributed by atoms with Crippen LogP contribution in [0.15, 0.2) is 5.38 Å². The summed E-state index contributed by atoms with van der Waals surface area (Å²) in [6, 6.07) is 0. The van der Waals surface area contributed by atoms with Gasteiger partial charge in [-0.15, -0.1) is 11.3 Å². The maximum atomic E-state index is 11.9. The van der Waals surface area contributed by atoms with E-state index in [1.807, 2.05) is 10.3 Å². The van der Waals surface area contributed by atoms with Crippen LogP contribution in [-0.2, 0) is 6.42 Å². The van der Waals surface area contributed by atoms with E-state index in [1.165, 1.54) is 11.3 Å². The maximum absolute atomic E-state index is 11.9. The summed E-state index contributed by atoms with van der Waals surface area (Å²) < 4.78 is 0. The summed E-state index contributed by atoms with van der Waals surface area (Å²) in [4.78, 5) is 18.1. The van der Waals surface area contributed by atoms with Crippen LogP contribution in [0.5, 0.6) is 0 Å². The lowest BCUT2D eigenvalue weighted by Crippen LogP contribution is -2.27. The predicted octanol–water partition coefficient (Wildman–Crippen LogP) is 0.880. The zero-order chi connectivity index (χ0) is 10.7. The average Bonchev–Trinajstić information content (AvgIpc) is 2.87. The van der Waals surface area contributed by atoms with Gasteiger partial charge in [-0.2, -0.15) is 0 Å². The van der Waals surface area contributed by atoms with Crippen molar-refractivity contribution in [3.8, 4) is 0 Å². The topological polar surface area (TPSA) is 59.2 Å². The van der Waals surface area contributed by atoms with Crippen molar-refractivity contribution in [1.29, 1.82) is 0 Å². The Morgan fingerprint density at radius 1 is 1.53 bits per heavy atom. The highest BCUT2D eigenvalue weighted by Crippen LogP contribution is 2.15. The first-order valence-electron chi connectivity index (χ1n) is 5.25. The Morgan fingerprint density at radius 3 is 2.93 bits per heavy atom. The van der Waals surface area contributed by atoms with Crippen molar-refractivity contribution in [2.75, 3.05) is 19.6 Å². The summed E-state index contributed by atoms with van der Waals surface area (Å²) in [5, 5.41) is 2.80. The Kier molecular flexibility index (Phi) is 3.33. The quantitative estimate of drug-likeness (QED) is 0.830. The zero-order valence-corrected chi connectivity index (χ0v) is 9.42. The van der Waals surface area contributed by atoms with Gasteiger partial charge in [0.25, 0.3) is 5.91 Å². The smallest absolute Gasteiger partial charge is 0.273 e. The first-order valence-corrected chi connectivity index (χ1v) is 6.13. The number of nitrogens with two attached hydrogens (primary N) is 1. The van der Waals surface area contributed by atoms with Gasteiger partial charge in [-0.05, 0) is 19.4 Å². The van der Waals surface area contributed by atoms with Gasteiger partial charge < -0.3 is 10.6 Å². The molecule has 0 aliphatic carbocycles. The van der Waals surface area contributed by atoms with E-state index in [1.54, 1.807) is 0 Å². The van der Waals surface area contributed by atoms with Crippen molar-refractivity contribution in [1.82, 2.24) is 9.88 Å². The number of likely N-dealkylation sites (tertiary alicyclic amines) is 1. The minimum absolute atomic E-state index is 0.0759. The number of nitrogens with zero attached hydrogens (tertiary/aromatic N) is 2. The molecule has 0 radical (unpaired) electrons. The number of hydrogen-bond acceptors (Lipinski definition) is 4. The standard InChI is InChI=1S/C10H15N3OS/c11-4-3-9-12-8(7-15-9)10(14)13-5-1-2-6-13/h7H,1-6,11H2. The van der Waals surface area contributed by atoms with Crippen molar-refractivity contribution >= 4 is 17.2 Å². The predicted molar refractivity (Wildman–Crippen MR) is 60.0 cm³/mol. The average molecular weight is 225 g/mol. The molecule has 1 aliphatic rings. The monoisotopic (exact) mass is 225 g/mol. The summed E-state index contributed by atoms with van der Waals surface area (Å²) in [6.07, 6.45) is 3.00. The molecule has 0 bridgehead atoms. The van der Waals surface area contributed by atoms with Crippen molar-refractivity contribution < 1.29 is 4.79 Å². The van der Waals surface area contributed by atoms with Gasteiger partial charge in [0.1, 0.15) is 5.69 Å². The van der Waals surface area contributed by atoms with Crippen LogP contribution in [0.2, 0.25) is 0 Å². The van der Waals surface area contributed by atoms with Crippen LogP contribution in [0.25, 0.3) is 0 Å². The molecule has 15 heavy (non-hydrogen) atoms. The largest absolute Gasteiger partial charge is 0.337 e. The van der Waals surface area contributed by atoms with Crippen LogP contribution in [0.1, 0.15) is 28.3 Å². The number of aromatic nitrogens is 1. The molecule has 1 aromatic rings. The van der Waals surface area contributed by atoms with Gasteiger partial charge in [-0.1, -0.05) is 0 Å². The summed E-state index contributed by atoms with van der Waals surface area (Å²) in [6.45, 7) is 2.34. The van der Waals surface area contributed by atoms with Gasteiger partial charge in [-0.25, -0.2) is 4.98 Å². The van der Waals surface area contributed by atoms with E-state index in [4.69, 9.17) is 5.73 Å². The van der Waals surface area contributed by atoms with Crippen LogP contribution < -0.4 is 5.73 Å². The number of carbonyl (C=O) groups excluding carboxylic acids is 1. The lowest BCUT2D eigenvalue weighted by atomic mass is 10.4. The molecule has 0 unspecified atom stereocenters. The van der Waals surface area contributed by atoms with Gasteiger partial charge in [0.05, 0.1) is 5.01 Å². The van der Waals surface area contributed by atoms with Crippen molar-refractivity contribution in [2.24, 2.45) is 5.73 Å². The van der Waals surface area contributed by atoms with Gasteiger partial charge in [0, 0.05) is 24.9 Å². The fourth-order valence-electron chi connectivity index (χ4n) is 1.73. The van der Waals surface area contributed by atoms with Crippen LogP contribution in [-0.4, -0.2) is 35.4 Å². The molecule has 4 nitrogen and oxygen atoms in total. The Hall–Kier alpha value is -0.940. The molecule has 0 atom stereocenters. The van der Waals surface area contributed by atoms with Crippen molar-refractivity contribution in [3.05, 3.63) is 16.1 Å². The Morgan fingerprint density at radius 2 is 2.27 bits per heavy atom. The van der Waals surface area contributed by atoms with Gasteiger partial charge >= 0.3 is 0 Å². The molecule has 5 heteroatoms. The lowest BCUT2D eigenvalue weighted by Gasteiger charge is -2.12. The molecule has 1 aliphatic heterocycles. The first kappa shape index (κ1) is 10.6. The number of thiazole rings is 1. The number of hydrogen-bond donors (Lipinski definition) is 1. The van der Waals surface area contributed by atoms with E-state index >= 15 is 0 Å². The molecule has 2 rings (SSSR count). The van der Waals surface area contributed by atoms with Gasteiger partial charge in [0.2, 0.25) is 0 Å². The fourth-order valence-corrected chi connectivity index (χ4v) is 2.52. The van der Waals surface area contributed by atoms with E-state index in [9.17, 15) is 4.79 Å². The second-order valence-electron chi connectivity index (χ2n) is 3.66.